The van der Waals surface area contributed by atoms with E-state index in [1.54, 1.807) is 60.9 Å². The lowest BCUT2D eigenvalue weighted by Crippen LogP contribution is -2.24. The van der Waals surface area contributed by atoms with E-state index in [0.29, 0.717) is 40.9 Å². The molecule has 9 heteroatoms. The molecule has 0 radical (unpaired) electrons. The Labute approximate surface area is 201 Å². The molecule has 34 heavy (non-hydrogen) atoms. The second kappa shape index (κ2) is 10.6. The van der Waals surface area contributed by atoms with E-state index in [-0.39, 0.29) is 11.6 Å². The molecule has 2 aromatic heterocycles. The number of aromatic nitrogens is 3. The summed E-state index contributed by atoms with van der Waals surface area (Å²) in [6.45, 7) is 2.60. The van der Waals surface area contributed by atoms with Gasteiger partial charge >= 0.3 is 0 Å². The average molecular weight is 476 g/mol. The normalized spacial score (nSPS) is 10.5. The number of benzene rings is 2. The van der Waals surface area contributed by atoms with Crippen LogP contribution in [0.3, 0.4) is 0 Å². The molecule has 2 N–H and O–H groups in total. The van der Waals surface area contributed by atoms with Crippen LogP contribution in [0.2, 0.25) is 5.02 Å². The Morgan fingerprint density at radius 2 is 1.85 bits per heavy atom. The van der Waals surface area contributed by atoms with Crippen molar-refractivity contribution < 1.29 is 9.53 Å². The lowest BCUT2D eigenvalue weighted by Gasteiger charge is -2.14. The van der Waals surface area contributed by atoms with Gasteiger partial charge in [0.05, 0.1) is 18.5 Å². The second-order valence-corrected chi connectivity index (χ2v) is 7.69. The number of ether oxygens (including phenoxy) is 1. The molecule has 0 unspecified atom stereocenters. The zero-order valence-corrected chi connectivity index (χ0v) is 19.1. The third-order valence-electron chi connectivity index (χ3n) is 4.91. The van der Waals surface area contributed by atoms with Crippen molar-refractivity contribution >= 4 is 28.9 Å². The minimum Gasteiger partial charge on any atom is -0.490 e. The van der Waals surface area contributed by atoms with Crippen LogP contribution in [0.4, 0.5) is 11.4 Å². The van der Waals surface area contributed by atoms with Gasteiger partial charge in [0.15, 0.2) is 11.4 Å². The Balaban J connectivity index is 1.55. The van der Waals surface area contributed by atoms with Gasteiger partial charge in [-0.15, -0.1) is 0 Å². The summed E-state index contributed by atoms with van der Waals surface area (Å²) >= 11 is 6.08. The Bertz CT molecular complexity index is 1340. The van der Waals surface area contributed by atoms with Crippen molar-refractivity contribution in [3.05, 3.63) is 106 Å². The third-order valence-corrected chi connectivity index (χ3v) is 5.15. The van der Waals surface area contributed by atoms with Crippen LogP contribution >= 0.6 is 11.6 Å². The maximum absolute atomic E-state index is 13.2. The maximum Gasteiger partial charge on any atom is 0.299 e. The molecule has 0 aliphatic heterocycles. The smallest absolute Gasteiger partial charge is 0.299 e. The Kier molecular flexibility index (Phi) is 7.19. The Morgan fingerprint density at radius 1 is 1.09 bits per heavy atom. The summed E-state index contributed by atoms with van der Waals surface area (Å²) in [7, 11) is 0. The van der Waals surface area contributed by atoms with Crippen molar-refractivity contribution in [2.75, 3.05) is 11.9 Å². The van der Waals surface area contributed by atoms with E-state index in [1.165, 1.54) is 10.9 Å². The molecule has 2 aromatic carbocycles. The first-order valence-electron chi connectivity index (χ1n) is 10.6. The lowest BCUT2D eigenvalue weighted by atomic mass is 10.2. The molecule has 4 rings (SSSR count). The van der Waals surface area contributed by atoms with Crippen LogP contribution in [0.25, 0.3) is 5.69 Å². The molecule has 1 amide bonds. The van der Waals surface area contributed by atoms with Gasteiger partial charge in [0.1, 0.15) is 0 Å². The number of nitrogens with zero attached hydrogens (tertiary/aromatic N) is 3. The number of hydrogen-bond acceptors (Lipinski definition) is 6. The molecule has 0 spiro atoms. The predicted octanol–water partition coefficient (Wildman–Crippen LogP) is 4.35. The quantitative estimate of drug-likeness (QED) is 0.393. The molecular formula is C25H22ClN5O3. The number of halogens is 1. The highest BCUT2D eigenvalue weighted by Crippen LogP contribution is 2.24. The molecule has 4 aromatic rings. The molecule has 8 nitrogen and oxygen atoms in total. The van der Waals surface area contributed by atoms with Gasteiger partial charge in [-0.3, -0.25) is 14.6 Å². The van der Waals surface area contributed by atoms with Gasteiger partial charge in [-0.2, -0.15) is 9.78 Å². The van der Waals surface area contributed by atoms with Gasteiger partial charge < -0.3 is 15.4 Å². The van der Waals surface area contributed by atoms with E-state index in [9.17, 15) is 9.59 Å². The largest absolute Gasteiger partial charge is 0.490 e. The summed E-state index contributed by atoms with van der Waals surface area (Å²) in [6.07, 6.45) is 4.84. The number of nitrogens with one attached hydrogen (secondary N) is 2. The fourth-order valence-corrected chi connectivity index (χ4v) is 3.43. The summed E-state index contributed by atoms with van der Waals surface area (Å²) in [6, 6.07) is 17.3. The average Bonchev–Trinajstić information content (AvgIpc) is 2.86. The van der Waals surface area contributed by atoms with E-state index >= 15 is 0 Å². The molecule has 0 bridgehead atoms. The van der Waals surface area contributed by atoms with Crippen LogP contribution in [0.15, 0.2) is 84.0 Å². The van der Waals surface area contributed by atoms with Crippen molar-refractivity contribution in [3.8, 4) is 11.4 Å². The summed E-state index contributed by atoms with van der Waals surface area (Å²) in [4.78, 5) is 29.7. The van der Waals surface area contributed by atoms with Crippen LogP contribution < -0.4 is 20.9 Å². The number of pyridine rings is 1. The predicted molar refractivity (Wildman–Crippen MR) is 131 cm³/mol. The molecule has 0 saturated carbocycles. The fourth-order valence-electron chi connectivity index (χ4n) is 3.24. The van der Waals surface area contributed by atoms with Gasteiger partial charge in [-0.1, -0.05) is 17.7 Å². The van der Waals surface area contributed by atoms with E-state index in [2.05, 4.69) is 20.7 Å². The fraction of sp³-hybridized carbons (Fsp3) is 0.120. The van der Waals surface area contributed by atoms with Gasteiger partial charge in [0, 0.05) is 35.2 Å². The van der Waals surface area contributed by atoms with E-state index in [4.69, 9.17) is 16.3 Å². The monoisotopic (exact) mass is 475 g/mol. The molecule has 0 saturated heterocycles. The highest BCUT2D eigenvalue weighted by atomic mass is 35.5. The summed E-state index contributed by atoms with van der Waals surface area (Å²) in [5.74, 6) is 0.121. The van der Waals surface area contributed by atoms with Crippen molar-refractivity contribution in [2.45, 2.75) is 13.5 Å². The van der Waals surface area contributed by atoms with Crippen LogP contribution in [0, 0.1) is 0 Å². The Morgan fingerprint density at radius 3 is 2.56 bits per heavy atom. The van der Waals surface area contributed by atoms with Crippen molar-refractivity contribution in [1.82, 2.24) is 20.1 Å². The zero-order valence-electron chi connectivity index (χ0n) is 18.4. The molecule has 0 aliphatic carbocycles. The highest BCUT2D eigenvalue weighted by Gasteiger charge is 2.15. The van der Waals surface area contributed by atoms with E-state index < -0.39 is 5.56 Å². The van der Waals surface area contributed by atoms with E-state index in [1.807, 2.05) is 19.1 Å². The summed E-state index contributed by atoms with van der Waals surface area (Å²) < 4.78 is 6.86. The van der Waals surface area contributed by atoms with Gasteiger partial charge in [0.25, 0.3) is 11.5 Å². The highest BCUT2D eigenvalue weighted by molar-refractivity contribution is 6.30. The van der Waals surface area contributed by atoms with Gasteiger partial charge in [-0.05, 0) is 67.1 Å². The van der Waals surface area contributed by atoms with E-state index in [0.717, 1.165) is 5.56 Å². The number of carbonyl (C=O) groups excluding carboxylic acids is 1. The SMILES string of the molecule is CCOc1cnn(-c2cccc(Cl)c2)c(=O)c1Nc1ccc(C(=O)NCc2ccncc2)cc1. The zero-order chi connectivity index (χ0) is 23.9. The minimum atomic E-state index is -0.396. The van der Waals surface area contributed by atoms with Crippen molar-refractivity contribution in [3.63, 3.8) is 0 Å². The number of anilines is 2. The van der Waals surface area contributed by atoms with Crippen LogP contribution in [0.1, 0.15) is 22.8 Å². The first-order chi connectivity index (χ1) is 16.5. The first-order valence-corrected chi connectivity index (χ1v) is 11.0. The molecule has 172 valence electrons. The minimum absolute atomic E-state index is 0.203. The number of carbonyl (C=O) groups is 1. The number of rotatable bonds is 8. The van der Waals surface area contributed by atoms with Crippen LogP contribution in [-0.4, -0.2) is 27.3 Å². The first kappa shape index (κ1) is 23.0. The number of amides is 1. The topological polar surface area (TPSA) is 98.1 Å². The summed E-state index contributed by atoms with van der Waals surface area (Å²) in [5, 5.41) is 10.7. The standard InChI is InChI=1S/C25H22ClN5O3/c1-2-34-22-16-29-31(21-5-3-4-19(26)14-21)25(33)23(22)30-20-8-6-18(7-9-20)24(32)28-15-17-10-12-27-13-11-17/h3-14,16,30H,2,15H2,1H3,(H,28,32). The van der Waals surface area contributed by atoms with Crippen LogP contribution in [0.5, 0.6) is 5.75 Å². The molecule has 0 fully saturated rings. The third kappa shape index (κ3) is 5.41. The number of hydrogen-bond donors (Lipinski definition) is 2. The maximum atomic E-state index is 13.2. The van der Waals surface area contributed by atoms with Gasteiger partial charge in [-0.25, -0.2) is 0 Å². The molecule has 0 atom stereocenters. The summed E-state index contributed by atoms with van der Waals surface area (Å²) in [5.41, 5.74) is 2.44. The van der Waals surface area contributed by atoms with Crippen molar-refractivity contribution in [1.29, 1.82) is 0 Å². The van der Waals surface area contributed by atoms with Crippen molar-refractivity contribution in [2.24, 2.45) is 0 Å². The lowest BCUT2D eigenvalue weighted by molar-refractivity contribution is 0.0951. The van der Waals surface area contributed by atoms with Gasteiger partial charge in [0.2, 0.25) is 0 Å². The molecule has 2 heterocycles. The van der Waals surface area contributed by atoms with Crippen LogP contribution in [-0.2, 0) is 6.54 Å². The Hall–Kier alpha value is -4.17. The molecular weight excluding hydrogens is 454 g/mol. The molecule has 0 aliphatic rings. The second-order valence-electron chi connectivity index (χ2n) is 7.25.